The lowest BCUT2D eigenvalue weighted by molar-refractivity contribution is 0.384. The lowest BCUT2D eigenvalue weighted by Crippen LogP contribution is -2.27. The van der Waals surface area contributed by atoms with Gasteiger partial charge in [-0.15, -0.1) is 0 Å². The zero-order valence-corrected chi connectivity index (χ0v) is 11.3. The number of methoxy groups -OCH3 is 1. The topological polar surface area (TPSA) is 21.3 Å². The molecule has 94 valence electrons. The van der Waals surface area contributed by atoms with Crippen molar-refractivity contribution in [1.29, 1.82) is 0 Å². The van der Waals surface area contributed by atoms with Gasteiger partial charge in [0, 0.05) is 11.6 Å². The summed E-state index contributed by atoms with van der Waals surface area (Å²) >= 11 is 0. The molecule has 0 radical (unpaired) electrons. The van der Waals surface area contributed by atoms with E-state index in [1.807, 2.05) is 0 Å². The van der Waals surface area contributed by atoms with Crippen molar-refractivity contribution in [1.82, 2.24) is 5.32 Å². The first-order valence-electron chi connectivity index (χ1n) is 6.59. The highest BCUT2D eigenvalue weighted by atomic mass is 16.5. The van der Waals surface area contributed by atoms with Gasteiger partial charge in [-0.1, -0.05) is 19.9 Å². The third kappa shape index (κ3) is 2.19. The summed E-state index contributed by atoms with van der Waals surface area (Å²) in [5.41, 5.74) is 4.29. The van der Waals surface area contributed by atoms with Crippen LogP contribution in [0.2, 0.25) is 0 Å². The second-order valence-electron chi connectivity index (χ2n) is 5.00. The third-order valence-electron chi connectivity index (χ3n) is 3.87. The van der Waals surface area contributed by atoms with E-state index in [0.29, 0.717) is 12.0 Å². The summed E-state index contributed by atoms with van der Waals surface area (Å²) in [6.07, 6.45) is 2.47. The Balaban J connectivity index is 2.52. The maximum Gasteiger partial charge on any atom is 0.122 e. The Morgan fingerprint density at radius 2 is 2.06 bits per heavy atom. The van der Waals surface area contributed by atoms with E-state index < -0.39 is 0 Å². The highest BCUT2D eigenvalue weighted by Crippen LogP contribution is 2.43. The zero-order valence-electron chi connectivity index (χ0n) is 11.3. The summed E-state index contributed by atoms with van der Waals surface area (Å²) in [6, 6.07) is 4.79. The lowest BCUT2D eigenvalue weighted by atomic mass is 9.78. The summed E-state index contributed by atoms with van der Waals surface area (Å²) in [6.45, 7) is 7.71. The van der Waals surface area contributed by atoms with E-state index in [0.717, 1.165) is 12.3 Å². The molecule has 1 N–H and O–H groups in total. The monoisotopic (exact) mass is 233 g/mol. The molecule has 0 spiro atoms. The molecule has 2 unspecified atom stereocenters. The van der Waals surface area contributed by atoms with Crippen LogP contribution < -0.4 is 10.1 Å². The largest absolute Gasteiger partial charge is 0.496 e. The number of benzene rings is 1. The molecule has 0 aromatic heterocycles. The third-order valence-corrected chi connectivity index (χ3v) is 3.87. The Morgan fingerprint density at radius 1 is 1.29 bits per heavy atom. The molecule has 17 heavy (non-hydrogen) atoms. The number of ether oxygens (including phenoxy) is 1. The second-order valence-corrected chi connectivity index (χ2v) is 5.00. The molecule has 0 heterocycles. The highest BCUT2D eigenvalue weighted by molar-refractivity contribution is 5.49. The molecule has 0 bridgehead atoms. The number of aryl methyl sites for hydroxylation is 1. The van der Waals surface area contributed by atoms with Gasteiger partial charge < -0.3 is 10.1 Å². The van der Waals surface area contributed by atoms with Crippen molar-refractivity contribution in [3.05, 3.63) is 28.8 Å². The van der Waals surface area contributed by atoms with Crippen molar-refractivity contribution in [2.45, 2.75) is 45.6 Å². The van der Waals surface area contributed by atoms with Crippen LogP contribution in [0.1, 0.15) is 55.3 Å². The summed E-state index contributed by atoms with van der Waals surface area (Å²) in [4.78, 5) is 0. The quantitative estimate of drug-likeness (QED) is 0.862. The fraction of sp³-hybridized carbons (Fsp3) is 0.600. The van der Waals surface area contributed by atoms with E-state index in [4.69, 9.17) is 4.74 Å². The van der Waals surface area contributed by atoms with Gasteiger partial charge in [0.2, 0.25) is 0 Å². The van der Waals surface area contributed by atoms with E-state index in [1.54, 1.807) is 7.11 Å². The van der Waals surface area contributed by atoms with Gasteiger partial charge in [0.25, 0.3) is 0 Å². The number of rotatable bonds is 3. The van der Waals surface area contributed by atoms with Crippen molar-refractivity contribution in [3.63, 3.8) is 0 Å². The molecule has 2 nitrogen and oxygen atoms in total. The molecule has 2 rings (SSSR count). The fourth-order valence-electron chi connectivity index (χ4n) is 3.03. The minimum absolute atomic E-state index is 0.501. The van der Waals surface area contributed by atoms with E-state index in [9.17, 15) is 0 Å². The average Bonchev–Trinajstić information content (AvgIpc) is 2.33. The molecular formula is C15H23NO. The predicted molar refractivity (Wildman–Crippen MR) is 71.8 cm³/mol. The fourth-order valence-corrected chi connectivity index (χ4v) is 3.03. The SMILES string of the molecule is CCNC1CCC(C)c2c(OC)ccc(C)c21. The Bertz CT molecular complexity index is 400. The van der Waals surface area contributed by atoms with Crippen LogP contribution in [-0.4, -0.2) is 13.7 Å². The van der Waals surface area contributed by atoms with E-state index in [1.165, 1.54) is 29.5 Å². The van der Waals surface area contributed by atoms with Crippen LogP contribution >= 0.6 is 0 Å². The van der Waals surface area contributed by atoms with Crippen LogP contribution in [-0.2, 0) is 0 Å². The van der Waals surface area contributed by atoms with Crippen LogP contribution in [0.3, 0.4) is 0 Å². The first-order chi connectivity index (χ1) is 8.19. The van der Waals surface area contributed by atoms with Crippen LogP contribution in [0.15, 0.2) is 12.1 Å². The summed E-state index contributed by atoms with van der Waals surface area (Å²) in [7, 11) is 1.77. The predicted octanol–water partition coefficient (Wildman–Crippen LogP) is 3.55. The molecule has 0 saturated carbocycles. The molecule has 1 aromatic carbocycles. The molecule has 0 saturated heterocycles. The zero-order chi connectivity index (χ0) is 12.4. The molecule has 0 fully saturated rings. The smallest absolute Gasteiger partial charge is 0.122 e. The summed E-state index contributed by atoms with van der Waals surface area (Å²) < 4.78 is 5.54. The van der Waals surface area contributed by atoms with Gasteiger partial charge >= 0.3 is 0 Å². The molecule has 1 aromatic rings. The minimum atomic E-state index is 0.501. The van der Waals surface area contributed by atoms with E-state index in [-0.39, 0.29) is 0 Å². The first kappa shape index (κ1) is 12.4. The normalized spacial score (nSPS) is 23.3. The summed E-state index contributed by atoms with van der Waals surface area (Å²) in [5, 5.41) is 3.60. The van der Waals surface area contributed by atoms with Gasteiger partial charge in [0.1, 0.15) is 5.75 Å². The Morgan fingerprint density at radius 3 is 2.71 bits per heavy atom. The summed E-state index contributed by atoms with van der Waals surface area (Å²) in [5.74, 6) is 1.66. The molecule has 2 atom stereocenters. The van der Waals surface area contributed by atoms with Crippen molar-refractivity contribution in [2.24, 2.45) is 0 Å². The second kappa shape index (κ2) is 5.09. The van der Waals surface area contributed by atoms with Gasteiger partial charge in [-0.2, -0.15) is 0 Å². The standard InChI is InChI=1S/C15H23NO/c1-5-16-12-8-6-11(3)15-13(17-4)9-7-10(2)14(12)15/h7,9,11-12,16H,5-6,8H2,1-4H3. The van der Waals surface area contributed by atoms with Crippen molar-refractivity contribution in [2.75, 3.05) is 13.7 Å². The maximum atomic E-state index is 5.54. The molecular weight excluding hydrogens is 210 g/mol. The lowest BCUT2D eigenvalue weighted by Gasteiger charge is -2.33. The van der Waals surface area contributed by atoms with Crippen molar-refractivity contribution >= 4 is 0 Å². The molecule has 0 aliphatic heterocycles. The number of hydrogen-bond donors (Lipinski definition) is 1. The molecule has 2 heteroatoms. The van der Waals surface area contributed by atoms with Crippen LogP contribution in [0.5, 0.6) is 5.75 Å². The number of hydrogen-bond acceptors (Lipinski definition) is 2. The van der Waals surface area contributed by atoms with Crippen LogP contribution in [0, 0.1) is 6.92 Å². The van der Waals surface area contributed by atoms with Gasteiger partial charge in [0.15, 0.2) is 0 Å². The Labute approximate surface area is 104 Å². The Kier molecular flexibility index (Phi) is 3.72. The van der Waals surface area contributed by atoms with Crippen molar-refractivity contribution < 1.29 is 4.74 Å². The number of nitrogens with one attached hydrogen (secondary N) is 1. The van der Waals surface area contributed by atoms with Crippen LogP contribution in [0.25, 0.3) is 0 Å². The van der Waals surface area contributed by atoms with Crippen molar-refractivity contribution in [3.8, 4) is 5.75 Å². The first-order valence-corrected chi connectivity index (χ1v) is 6.59. The van der Waals surface area contributed by atoms with Crippen LogP contribution in [0.4, 0.5) is 0 Å². The maximum absolute atomic E-state index is 5.54. The Hall–Kier alpha value is -1.02. The van der Waals surface area contributed by atoms with Gasteiger partial charge in [-0.05, 0) is 49.4 Å². The van der Waals surface area contributed by atoms with E-state index in [2.05, 4.69) is 38.2 Å². The number of fused-ring (bicyclic) bond motifs is 1. The molecule has 1 aliphatic rings. The van der Waals surface area contributed by atoms with Gasteiger partial charge in [-0.3, -0.25) is 0 Å². The van der Waals surface area contributed by atoms with Gasteiger partial charge in [0.05, 0.1) is 7.11 Å². The molecule has 0 amide bonds. The molecule has 1 aliphatic carbocycles. The van der Waals surface area contributed by atoms with Gasteiger partial charge in [-0.25, -0.2) is 0 Å². The minimum Gasteiger partial charge on any atom is -0.496 e. The van der Waals surface area contributed by atoms with E-state index >= 15 is 0 Å². The highest BCUT2D eigenvalue weighted by Gasteiger charge is 2.28. The average molecular weight is 233 g/mol.